The van der Waals surface area contributed by atoms with E-state index in [1.54, 1.807) is 6.07 Å². The third-order valence-corrected chi connectivity index (χ3v) is 8.56. The molecule has 1 aromatic heterocycles. The van der Waals surface area contributed by atoms with Crippen LogP contribution in [0.3, 0.4) is 0 Å². The predicted molar refractivity (Wildman–Crippen MR) is 123 cm³/mol. The predicted octanol–water partition coefficient (Wildman–Crippen LogP) is 4.26. The maximum Gasteiger partial charge on any atom is 0.229 e. The standard InChI is InChI=1S/C21H27ClN4O2S2/c1-13-19(29-21(24-13)25-20(27)14-5-2-3-6-14)15-8-9-17(22)18(11-15)30(28)26-16-7-4-10-23-12-16/h8-9,11,14,16,23,26H,2-7,10,12H2,1H3,(H,24,25,27). The van der Waals surface area contributed by atoms with Gasteiger partial charge in [-0.2, -0.15) is 0 Å². The molecule has 2 aromatic rings. The topological polar surface area (TPSA) is 83.1 Å². The Balaban J connectivity index is 1.51. The molecule has 1 aromatic carbocycles. The Morgan fingerprint density at radius 2 is 2.07 bits per heavy atom. The number of nitrogens with zero attached hydrogens (tertiary/aromatic N) is 1. The smallest absolute Gasteiger partial charge is 0.229 e. The van der Waals surface area contributed by atoms with Crippen molar-refractivity contribution in [2.45, 2.75) is 56.4 Å². The van der Waals surface area contributed by atoms with Gasteiger partial charge in [-0.15, -0.1) is 0 Å². The molecule has 0 spiro atoms. The van der Waals surface area contributed by atoms with Crippen LogP contribution >= 0.6 is 22.9 Å². The highest BCUT2D eigenvalue weighted by atomic mass is 35.5. The summed E-state index contributed by atoms with van der Waals surface area (Å²) in [7, 11) is -1.39. The van der Waals surface area contributed by atoms with Crippen LogP contribution in [0, 0.1) is 12.8 Å². The van der Waals surface area contributed by atoms with Gasteiger partial charge in [0.25, 0.3) is 0 Å². The third-order valence-electron chi connectivity index (χ3n) is 5.72. The van der Waals surface area contributed by atoms with Gasteiger partial charge in [0.2, 0.25) is 5.91 Å². The lowest BCUT2D eigenvalue weighted by Gasteiger charge is -2.23. The van der Waals surface area contributed by atoms with E-state index in [1.165, 1.54) is 11.3 Å². The summed E-state index contributed by atoms with van der Waals surface area (Å²) in [6, 6.07) is 5.72. The van der Waals surface area contributed by atoms with Gasteiger partial charge < -0.3 is 10.6 Å². The number of hydrogen-bond donors (Lipinski definition) is 3. The molecule has 1 saturated carbocycles. The fraction of sp³-hybridized carbons (Fsp3) is 0.524. The van der Waals surface area contributed by atoms with Crippen LogP contribution in [0.5, 0.6) is 0 Å². The summed E-state index contributed by atoms with van der Waals surface area (Å²) in [5.41, 5.74) is 1.74. The number of hydrogen-bond acceptors (Lipinski definition) is 5. The first-order valence-corrected chi connectivity index (χ1v) is 12.8. The van der Waals surface area contributed by atoms with Crippen LogP contribution in [0.25, 0.3) is 10.4 Å². The monoisotopic (exact) mass is 466 g/mol. The number of piperidine rings is 1. The lowest BCUT2D eigenvalue weighted by molar-refractivity contribution is -0.119. The number of nitrogens with one attached hydrogen (secondary N) is 3. The molecule has 2 unspecified atom stereocenters. The summed E-state index contributed by atoms with van der Waals surface area (Å²) >= 11 is 7.81. The minimum Gasteiger partial charge on any atom is -0.315 e. The van der Waals surface area contributed by atoms with Gasteiger partial charge in [0.15, 0.2) is 5.13 Å². The average Bonchev–Trinajstić information content (AvgIpc) is 3.39. The van der Waals surface area contributed by atoms with E-state index in [2.05, 4.69) is 20.3 Å². The summed E-state index contributed by atoms with van der Waals surface area (Å²) in [6.07, 6.45) is 6.22. The minimum absolute atomic E-state index is 0.0657. The van der Waals surface area contributed by atoms with Crippen molar-refractivity contribution in [1.82, 2.24) is 15.0 Å². The molecule has 162 valence electrons. The van der Waals surface area contributed by atoms with E-state index in [-0.39, 0.29) is 17.9 Å². The molecule has 0 bridgehead atoms. The van der Waals surface area contributed by atoms with Crippen molar-refractivity contribution in [3.63, 3.8) is 0 Å². The molecule has 9 heteroatoms. The summed E-state index contributed by atoms with van der Waals surface area (Å²) in [5, 5.41) is 7.39. The molecular weight excluding hydrogens is 440 g/mol. The van der Waals surface area contributed by atoms with Crippen molar-refractivity contribution in [3.05, 3.63) is 28.9 Å². The van der Waals surface area contributed by atoms with Crippen molar-refractivity contribution in [2.75, 3.05) is 18.4 Å². The molecule has 2 heterocycles. The molecule has 6 nitrogen and oxygen atoms in total. The van der Waals surface area contributed by atoms with Crippen molar-refractivity contribution in [3.8, 4) is 10.4 Å². The SMILES string of the molecule is Cc1nc(NC(=O)C2CCCC2)sc1-c1ccc(Cl)c(S(=O)NC2CCCNC2)c1. The van der Waals surface area contributed by atoms with Crippen LogP contribution in [0.2, 0.25) is 5.02 Å². The zero-order chi connectivity index (χ0) is 21.1. The Labute approximate surface area is 188 Å². The van der Waals surface area contributed by atoms with Crippen LogP contribution in [-0.2, 0) is 15.8 Å². The molecule has 2 aliphatic rings. The Morgan fingerprint density at radius 3 is 2.80 bits per heavy atom. The Hall–Kier alpha value is -1.32. The average molecular weight is 467 g/mol. The van der Waals surface area contributed by atoms with Crippen LogP contribution in [0.1, 0.15) is 44.2 Å². The van der Waals surface area contributed by atoms with Gasteiger partial charge in [0.05, 0.1) is 20.5 Å². The number of benzene rings is 1. The van der Waals surface area contributed by atoms with Gasteiger partial charge in [-0.3, -0.25) is 4.79 Å². The maximum atomic E-state index is 12.9. The van der Waals surface area contributed by atoms with Crippen LogP contribution in [0.4, 0.5) is 5.13 Å². The van der Waals surface area contributed by atoms with Gasteiger partial charge in [0.1, 0.15) is 11.0 Å². The van der Waals surface area contributed by atoms with Crippen LogP contribution in [0.15, 0.2) is 23.1 Å². The summed E-state index contributed by atoms with van der Waals surface area (Å²) in [4.78, 5) is 18.5. The van der Waals surface area contributed by atoms with E-state index in [1.807, 2.05) is 19.1 Å². The third kappa shape index (κ3) is 5.11. The molecular formula is C21H27ClN4O2S2. The van der Waals surface area contributed by atoms with E-state index in [9.17, 15) is 9.00 Å². The van der Waals surface area contributed by atoms with Crippen molar-refractivity contribution in [1.29, 1.82) is 0 Å². The summed E-state index contributed by atoms with van der Waals surface area (Å²) < 4.78 is 16.1. The lowest BCUT2D eigenvalue weighted by Crippen LogP contribution is -2.43. The van der Waals surface area contributed by atoms with Gasteiger partial charge in [-0.25, -0.2) is 13.9 Å². The molecule has 3 N–H and O–H groups in total. The Kier molecular flexibility index (Phi) is 7.20. The second-order valence-corrected chi connectivity index (χ2v) is 10.6. The van der Waals surface area contributed by atoms with Gasteiger partial charge in [-0.1, -0.05) is 41.8 Å². The maximum absolute atomic E-state index is 12.9. The highest BCUT2D eigenvalue weighted by molar-refractivity contribution is 7.83. The number of anilines is 1. The first-order valence-electron chi connectivity index (χ1n) is 10.5. The van der Waals surface area contributed by atoms with Crippen molar-refractivity contribution in [2.24, 2.45) is 5.92 Å². The molecule has 4 rings (SSSR count). The molecule has 1 aliphatic heterocycles. The quantitative estimate of drug-likeness (QED) is 0.593. The second-order valence-electron chi connectivity index (χ2n) is 7.98. The molecule has 0 radical (unpaired) electrons. The minimum atomic E-state index is -1.39. The van der Waals surface area contributed by atoms with Crippen LogP contribution in [-0.4, -0.2) is 34.2 Å². The van der Waals surface area contributed by atoms with Gasteiger partial charge >= 0.3 is 0 Å². The first kappa shape index (κ1) is 21.9. The normalized spacial score (nSPS) is 20.9. The van der Waals surface area contributed by atoms with Gasteiger partial charge in [0, 0.05) is 18.5 Å². The number of aromatic nitrogens is 1. The first-order chi connectivity index (χ1) is 14.5. The number of amides is 1. The lowest BCUT2D eigenvalue weighted by atomic mass is 10.1. The number of carbonyl (C=O) groups is 1. The second kappa shape index (κ2) is 9.87. The zero-order valence-electron chi connectivity index (χ0n) is 17.0. The molecule has 1 amide bonds. The van der Waals surface area contributed by atoms with E-state index >= 15 is 0 Å². The van der Waals surface area contributed by atoms with E-state index in [4.69, 9.17) is 11.6 Å². The molecule has 1 saturated heterocycles. The highest BCUT2D eigenvalue weighted by Crippen LogP contribution is 2.36. The largest absolute Gasteiger partial charge is 0.315 e. The number of thiazole rings is 1. The van der Waals surface area contributed by atoms with Crippen molar-refractivity contribution >= 4 is 45.0 Å². The van der Waals surface area contributed by atoms with Crippen molar-refractivity contribution < 1.29 is 9.00 Å². The summed E-state index contributed by atoms with van der Waals surface area (Å²) in [5.74, 6) is 0.165. The van der Waals surface area contributed by atoms with E-state index < -0.39 is 11.0 Å². The fourth-order valence-corrected chi connectivity index (χ4v) is 6.47. The highest BCUT2D eigenvalue weighted by Gasteiger charge is 2.24. The Morgan fingerprint density at radius 1 is 1.27 bits per heavy atom. The number of halogens is 1. The molecule has 1 aliphatic carbocycles. The summed E-state index contributed by atoms with van der Waals surface area (Å²) in [6.45, 7) is 3.74. The number of aryl methyl sites for hydroxylation is 1. The number of rotatable bonds is 6. The zero-order valence-corrected chi connectivity index (χ0v) is 19.4. The molecule has 2 atom stereocenters. The van der Waals surface area contributed by atoms with Gasteiger partial charge in [-0.05, 0) is 56.8 Å². The van der Waals surface area contributed by atoms with Crippen LogP contribution < -0.4 is 15.4 Å². The van der Waals surface area contributed by atoms with E-state index in [0.29, 0.717) is 15.0 Å². The van der Waals surface area contributed by atoms with E-state index in [0.717, 1.165) is 67.7 Å². The fourth-order valence-electron chi connectivity index (χ4n) is 4.07. The number of carbonyl (C=O) groups excluding carboxylic acids is 1. The molecule has 2 fully saturated rings. The molecule has 30 heavy (non-hydrogen) atoms. The Bertz CT molecular complexity index is 937.